The van der Waals surface area contributed by atoms with Gasteiger partial charge in [0.25, 0.3) is 0 Å². The molecule has 24 heavy (non-hydrogen) atoms. The third kappa shape index (κ3) is 3.90. The Balaban J connectivity index is 1.71. The highest BCUT2D eigenvalue weighted by atomic mass is 19.3. The normalized spacial score (nSPS) is 24.2. The van der Waals surface area contributed by atoms with Crippen molar-refractivity contribution in [1.29, 1.82) is 0 Å². The van der Waals surface area contributed by atoms with Crippen molar-refractivity contribution in [3.63, 3.8) is 0 Å². The van der Waals surface area contributed by atoms with Crippen LogP contribution in [0.3, 0.4) is 0 Å². The number of rotatable bonds is 4. The third-order valence-electron chi connectivity index (χ3n) is 4.15. The lowest BCUT2D eigenvalue weighted by atomic mass is 9.97. The van der Waals surface area contributed by atoms with Gasteiger partial charge in [-0.15, -0.1) is 0 Å². The maximum atomic E-state index is 12.6. The number of pyridine rings is 1. The summed E-state index contributed by atoms with van der Waals surface area (Å²) in [7, 11) is 0. The predicted molar refractivity (Wildman–Crippen MR) is 80.1 cm³/mol. The van der Waals surface area contributed by atoms with Gasteiger partial charge >= 0.3 is 12.6 Å². The average Bonchev–Trinajstić information content (AvgIpc) is 3.10. The Morgan fingerprint density at radius 2 is 2.21 bits per heavy atom. The molecule has 2 fully saturated rings. The Labute approximate surface area is 137 Å². The smallest absolute Gasteiger partial charge is 0.388 e. The number of aromatic nitrogens is 1. The fourth-order valence-electron chi connectivity index (χ4n) is 2.97. The number of ether oxygens (including phenoxy) is 3. The molecule has 2 unspecified atom stereocenters. The molecule has 2 aliphatic heterocycles. The fraction of sp³-hybridized carbons (Fsp3) is 0.600. The number of alkyl halides is 2. The molecule has 2 aliphatic rings. The first-order valence-corrected chi connectivity index (χ1v) is 7.78. The average molecular weight is 343 g/mol. The summed E-state index contributed by atoms with van der Waals surface area (Å²) in [6.07, 6.45) is 2.19. The Hall–Kier alpha value is -2.00. The second-order valence-corrected chi connectivity index (χ2v) is 5.62. The number of nitrogens with one attached hydrogen (secondary N) is 1. The van der Waals surface area contributed by atoms with Gasteiger partial charge in [0.2, 0.25) is 5.88 Å². The van der Waals surface area contributed by atoms with Crippen LogP contribution < -0.4 is 10.1 Å². The highest BCUT2D eigenvalue weighted by molar-refractivity contribution is 5.90. The number of hydrogen-bond acceptors (Lipinski definition) is 5. The minimum atomic E-state index is -3.01. The summed E-state index contributed by atoms with van der Waals surface area (Å²) >= 11 is 0. The number of hydrogen-bond donors (Lipinski definition) is 1. The van der Waals surface area contributed by atoms with Gasteiger partial charge in [-0.25, -0.2) is 9.78 Å². The molecule has 0 saturated carbocycles. The number of anilines is 1. The van der Waals surface area contributed by atoms with Crippen molar-refractivity contribution < 1.29 is 27.8 Å². The van der Waals surface area contributed by atoms with E-state index in [-0.39, 0.29) is 29.6 Å². The topological polar surface area (TPSA) is 72.9 Å². The van der Waals surface area contributed by atoms with E-state index in [1.54, 1.807) is 4.90 Å². The molecule has 132 valence electrons. The number of carbonyl (C=O) groups is 1. The molecule has 1 aromatic rings. The highest BCUT2D eigenvalue weighted by Crippen LogP contribution is 2.26. The molecule has 2 atom stereocenters. The van der Waals surface area contributed by atoms with Gasteiger partial charge in [-0.1, -0.05) is 0 Å². The maximum Gasteiger partial charge on any atom is 0.388 e. The monoisotopic (exact) mass is 343 g/mol. The second kappa shape index (κ2) is 7.71. The van der Waals surface area contributed by atoms with Crippen LogP contribution in [-0.2, 0) is 9.47 Å². The van der Waals surface area contributed by atoms with Crippen LogP contribution in [0, 0.1) is 5.92 Å². The molecule has 2 saturated heterocycles. The van der Waals surface area contributed by atoms with E-state index in [2.05, 4.69) is 15.0 Å². The number of halogens is 2. The lowest BCUT2D eigenvalue weighted by Gasteiger charge is -2.38. The van der Waals surface area contributed by atoms with Crippen LogP contribution in [-0.4, -0.2) is 61.5 Å². The van der Waals surface area contributed by atoms with Crippen LogP contribution in [0.2, 0.25) is 0 Å². The lowest BCUT2D eigenvalue weighted by Crippen LogP contribution is -2.53. The standard InChI is InChI=1S/C15H19F2N3O4/c16-14(17)24-13-11(2-1-4-18-13)19-15(21)20-5-7-23-9-12(20)10-3-6-22-8-10/h1-2,4,10,12,14H,3,5-9H2,(H,19,21). The minimum Gasteiger partial charge on any atom is -0.415 e. The molecule has 0 aliphatic carbocycles. The Kier molecular flexibility index (Phi) is 5.41. The highest BCUT2D eigenvalue weighted by Gasteiger charge is 2.35. The molecular weight excluding hydrogens is 324 g/mol. The van der Waals surface area contributed by atoms with Crippen molar-refractivity contribution in [3.8, 4) is 5.88 Å². The van der Waals surface area contributed by atoms with Crippen LogP contribution in [0.4, 0.5) is 19.3 Å². The van der Waals surface area contributed by atoms with E-state index in [0.29, 0.717) is 33.0 Å². The summed E-state index contributed by atoms with van der Waals surface area (Å²) in [6, 6.07) is 2.52. The first-order chi connectivity index (χ1) is 11.6. The van der Waals surface area contributed by atoms with E-state index < -0.39 is 6.61 Å². The van der Waals surface area contributed by atoms with Crippen LogP contribution in [0.15, 0.2) is 18.3 Å². The number of nitrogens with zero attached hydrogens (tertiary/aromatic N) is 2. The summed E-state index contributed by atoms with van der Waals surface area (Å²) in [6.45, 7) is -0.448. The first kappa shape index (κ1) is 16.8. The molecule has 1 N–H and O–H groups in total. The van der Waals surface area contributed by atoms with Crippen molar-refractivity contribution in [2.45, 2.75) is 19.1 Å². The van der Waals surface area contributed by atoms with Gasteiger partial charge in [0.1, 0.15) is 5.69 Å². The third-order valence-corrected chi connectivity index (χ3v) is 4.15. The molecule has 0 bridgehead atoms. The van der Waals surface area contributed by atoms with Crippen molar-refractivity contribution in [2.24, 2.45) is 5.92 Å². The van der Waals surface area contributed by atoms with E-state index >= 15 is 0 Å². The lowest BCUT2D eigenvalue weighted by molar-refractivity contribution is -0.0523. The number of urea groups is 1. The number of carbonyl (C=O) groups excluding carboxylic acids is 1. The van der Waals surface area contributed by atoms with Gasteiger partial charge in [-0.05, 0) is 18.6 Å². The van der Waals surface area contributed by atoms with Crippen molar-refractivity contribution in [2.75, 3.05) is 38.3 Å². The van der Waals surface area contributed by atoms with Crippen LogP contribution in [0.5, 0.6) is 5.88 Å². The van der Waals surface area contributed by atoms with E-state index in [0.717, 1.165) is 6.42 Å². The van der Waals surface area contributed by atoms with Crippen LogP contribution in [0.1, 0.15) is 6.42 Å². The van der Waals surface area contributed by atoms with Gasteiger partial charge in [0, 0.05) is 25.3 Å². The predicted octanol–water partition coefficient (Wildman–Crippen LogP) is 1.95. The van der Waals surface area contributed by atoms with E-state index in [1.807, 2.05) is 0 Å². The molecule has 2 amide bonds. The Morgan fingerprint density at radius 3 is 2.96 bits per heavy atom. The molecule has 7 nitrogen and oxygen atoms in total. The van der Waals surface area contributed by atoms with Gasteiger partial charge in [-0.3, -0.25) is 0 Å². The van der Waals surface area contributed by atoms with Crippen molar-refractivity contribution in [3.05, 3.63) is 18.3 Å². The van der Waals surface area contributed by atoms with Gasteiger partial charge in [0.05, 0.1) is 25.9 Å². The number of morpholine rings is 1. The molecule has 1 aromatic heterocycles. The largest absolute Gasteiger partial charge is 0.415 e. The molecule has 0 radical (unpaired) electrons. The van der Waals surface area contributed by atoms with Gasteiger partial charge in [-0.2, -0.15) is 8.78 Å². The van der Waals surface area contributed by atoms with Crippen molar-refractivity contribution in [1.82, 2.24) is 9.88 Å². The summed E-state index contributed by atoms with van der Waals surface area (Å²) in [5.41, 5.74) is 0.107. The molecule has 3 rings (SSSR count). The van der Waals surface area contributed by atoms with E-state index in [1.165, 1.54) is 18.3 Å². The zero-order chi connectivity index (χ0) is 16.9. The SMILES string of the molecule is O=C(Nc1cccnc1OC(F)F)N1CCOCC1C1CCOC1. The Bertz CT molecular complexity index is 569. The molecule has 0 aromatic carbocycles. The van der Waals surface area contributed by atoms with Gasteiger partial charge < -0.3 is 24.4 Å². The molecule has 0 spiro atoms. The summed E-state index contributed by atoms with van der Waals surface area (Å²) in [4.78, 5) is 18.0. The van der Waals surface area contributed by atoms with Crippen molar-refractivity contribution >= 4 is 11.7 Å². The minimum absolute atomic E-state index is 0.0996. The molecule has 9 heteroatoms. The summed E-state index contributed by atoms with van der Waals surface area (Å²) in [5, 5.41) is 2.61. The fourth-order valence-corrected chi connectivity index (χ4v) is 2.97. The molecule has 3 heterocycles. The zero-order valence-corrected chi connectivity index (χ0v) is 13.0. The second-order valence-electron chi connectivity index (χ2n) is 5.62. The summed E-state index contributed by atoms with van der Waals surface area (Å²) < 4.78 is 40.1. The van der Waals surface area contributed by atoms with Crippen LogP contribution >= 0.6 is 0 Å². The van der Waals surface area contributed by atoms with Gasteiger partial charge in [0.15, 0.2) is 0 Å². The van der Waals surface area contributed by atoms with E-state index in [4.69, 9.17) is 9.47 Å². The summed E-state index contributed by atoms with van der Waals surface area (Å²) in [5.74, 6) is -0.100. The Morgan fingerprint density at radius 1 is 1.38 bits per heavy atom. The zero-order valence-electron chi connectivity index (χ0n) is 13.0. The molecular formula is C15H19F2N3O4. The first-order valence-electron chi connectivity index (χ1n) is 7.78. The van der Waals surface area contributed by atoms with Crippen LogP contribution in [0.25, 0.3) is 0 Å². The van der Waals surface area contributed by atoms with E-state index in [9.17, 15) is 13.6 Å². The number of amides is 2. The maximum absolute atomic E-state index is 12.6. The quantitative estimate of drug-likeness (QED) is 0.905.